The van der Waals surface area contributed by atoms with Gasteiger partial charge in [-0.25, -0.2) is 8.42 Å². The Labute approximate surface area is 211 Å². The average Bonchev–Trinajstić information content (AvgIpc) is 3.44. The Morgan fingerprint density at radius 2 is 1.89 bits per heavy atom. The van der Waals surface area contributed by atoms with Gasteiger partial charge in [-0.05, 0) is 60.5 Å². The van der Waals surface area contributed by atoms with E-state index in [0.29, 0.717) is 47.2 Å². The smallest absolute Gasteiger partial charge is 0.279 e. The maximum atomic E-state index is 13.2. The summed E-state index contributed by atoms with van der Waals surface area (Å²) in [5, 5.41) is 0.605. The summed E-state index contributed by atoms with van der Waals surface area (Å²) in [7, 11) is -2.11. The molecule has 35 heavy (non-hydrogen) atoms. The van der Waals surface area contributed by atoms with Crippen LogP contribution in [0.5, 0.6) is 0 Å². The van der Waals surface area contributed by atoms with Crippen LogP contribution >= 0.6 is 22.9 Å². The molecule has 0 N–H and O–H groups in total. The zero-order chi connectivity index (χ0) is 24.6. The fourth-order valence-corrected chi connectivity index (χ4v) is 6.97. The van der Waals surface area contributed by atoms with Crippen molar-refractivity contribution in [2.75, 3.05) is 24.6 Å². The first-order valence-corrected chi connectivity index (χ1v) is 13.6. The van der Waals surface area contributed by atoms with Crippen molar-refractivity contribution in [3.8, 4) is 0 Å². The van der Waals surface area contributed by atoms with E-state index in [0.717, 1.165) is 15.8 Å². The highest BCUT2D eigenvalue weighted by atomic mass is 35.5. The van der Waals surface area contributed by atoms with Gasteiger partial charge in [0.2, 0.25) is 0 Å². The highest BCUT2D eigenvalue weighted by Crippen LogP contribution is 2.32. The average molecular weight is 528 g/mol. The quantitative estimate of drug-likeness (QED) is 0.370. The molecule has 0 atom stereocenters. The number of methoxy groups -OCH3 is 1. The van der Waals surface area contributed by atoms with Crippen molar-refractivity contribution in [2.24, 2.45) is 4.99 Å². The molecule has 0 aliphatic carbocycles. The number of rotatable bonds is 6. The van der Waals surface area contributed by atoms with Crippen LogP contribution in [0.1, 0.15) is 15.9 Å². The van der Waals surface area contributed by atoms with Gasteiger partial charge < -0.3 is 9.30 Å². The molecule has 0 bridgehead atoms. The fraction of sp³-hybridized carbons (Fsp3) is 0.200. The van der Waals surface area contributed by atoms with Crippen molar-refractivity contribution >= 4 is 54.8 Å². The van der Waals surface area contributed by atoms with Crippen LogP contribution in [0.2, 0.25) is 5.02 Å². The number of aromatic nitrogens is 1. The van der Waals surface area contributed by atoms with E-state index in [4.69, 9.17) is 16.3 Å². The van der Waals surface area contributed by atoms with E-state index in [1.54, 1.807) is 13.2 Å². The maximum absolute atomic E-state index is 13.2. The molecule has 1 aliphatic rings. The molecule has 4 aromatic rings. The summed E-state index contributed by atoms with van der Waals surface area (Å²) in [4.78, 5) is 18.0. The lowest BCUT2D eigenvalue weighted by Gasteiger charge is -2.19. The van der Waals surface area contributed by atoms with E-state index in [1.807, 2.05) is 41.0 Å². The third kappa shape index (κ3) is 4.52. The number of hydrogen-bond acceptors (Lipinski definition) is 5. The summed E-state index contributed by atoms with van der Waals surface area (Å²) in [6.07, 6.45) is 0.675. The lowest BCUT2D eigenvalue weighted by molar-refractivity contribution is 0.0997. The highest BCUT2D eigenvalue weighted by molar-refractivity contribution is 7.92. The molecule has 0 radical (unpaired) electrons. The second-order valence-electron chi connectivity index (χ2n) is 8.04. The number of amides is 1. The summed E-state index contributed by atoms with van der Waals surface area (Å²) < 4.78 is 35.9. The van der Waals surface area contributed by atoms with Crippen LogP contribution in [0.15, 0.2) is 76.6 Å². The van der Waals surface area contributed by atoms with Gasteiger partial charge in [0.15, 0.2) is 4.80 Å². The van der Waals surface area contributed by atoms with E-state index >= 15 is 0 Å². The standard InChI is InChI=1S/C25H22ClN3O4S2/c1-33-15-14-28-22-11-8-19(26)16-23(22)34-25(28)27-24(30)18-6-9-20(10-7-18)35(31,32)29-13-12-17-4-2-3-5-21(17)29/h2-11,16H,12-15H2,1H3. The number of hydrogen-bond donors (Lipinski definition) is 0. The molecule has 0 fully saturated rings. The van der Waals surface area contributed by atoms with Crippen molar-refractivity contribution in [3.05, 3.63) is 87.7 Å². The minimum Gasteiger partial charge on any atom is -0.383 e. The van der Waals surface area contributed by atoms with E-state index in [-0.39, 0.29) is 4.90 Å². The predicted molar refractivity (Wildman–Crippen MR) is 138 cm³/mol. The zero-order valence-electron chi connectivity index (χ0n) is 18.8. The number of halogens is 1. The third-order valence-corrected chi connectivity index (χ3v) is 9.00. The summed E-state index contributed by atoms with van der Waals surface area (Å²) in [6.45, 7) is 1.38. The summed E-state index contributed by atoms with van der Waals surface area (Å²) in [6, 6.07) is 18.9. The molecular formula is C25H22ClN3O4S2. The largest absolute Gasteiger partial charge is 0.383 e. The lowest BCUT2D eigenvalue weighted by atomic mass is 10.2. The van der Waals surface area contributed by atoms with Gasteiger partial charge in [-0.3, -0.25) is 9.10 Å². The number of benzene rings is 3. The topological polar surface area (TPSA) is 81.0 Å². The normalized spacial score (nSPS) is 14.0. The number of fused-ring (bicyclic) bond motifs is 2. The van der Waals surface area contributed by atoms with Crippen molar-refractivity contribution in [1.82, 2.24) is 4.57 Å². The van der Waals surface area contributed by atoms with Gasteiger partial charge in [0.25, 0.3) is 15.9 Å². The van der Waals surface area contributed by atoms with Crippen LogP contribution in [0, 0.1) is 0 Å². The first kappa shape index (κ1) is 23.7. The van der Waals surface area contributed by atoms with Crippen LogP contribution in [0.4, 0.5) is 5.69 Å². The Kier molecular flexibility index (Phi) is 6.50. The first-order valence-electron chi connectivity index (χ1n) is 11.0. The van der Waals surface area contributed by atoms with Crippen molar-refractivity contribution in [3.63, 3.8) is 0 Å². The molecule has 1 amide bonds. The Morgan fingerprint density at radius 1 is 1.11 bits per heavy atom. The molecule has 3 aromatic carbocycles. The van der Waals surface area contributed by atoms with Crippen LogP contribution in [0.3, 0.4) is 0 Å². The number of carbonyl (C=O) groups is 1. The molecule has 1 aliphatic heterocycles. The molecule has 5 rings (SSSR count). The van der Waals surface area contributed by atoms with Crippen LogP contribution in [0.25, 0.3) is 10.2 Å². The highest BCUT2D eigenvalue weighted by Gasteiger charge is 2.30. The van der Waals surface area contributed by atoms with Crippen molar-refractivity contribution in [1.29, 1.82) is 0 Å². The number of thiazole rings is 1. The second kappa shape index (κ2) is 9.58. The molecule has 10 heteroatoms. The third-order valence-electron chi connectivity index (χ3n) is 5.89. The number of sulfonamides is 1. The van der Waals surface area contributed by atoms with Crippen molar-refractivity contribution < 1.29 is 17.9 Å². The van der Waals surface area contributed by atoms with E-state index in [2.05, 4.69) is 4.99 Å². The molecule has 0 saturated heterocycles. The molecule has 180 valence electrons. The Morgan fingerprint density at radius 3 is 2.66 bits per heavy atom. The molecule has 0 saturated carbocycles. The van der Waals surface area contributed by atoms with Gasteiger partial charge >= 0.3 is 0 Å². The minimum absolute atomic E-state index is 0.136. The van der Waals surface area contributed by atoms with Gasteiger partial charge in [0, 0.05) is 30.8 Å². The number of carbonyl (C=O) groups excluding carboxylic acids is 1. The van der Waals surface area contributed by atoms with Gasteiger partial charge in [0.05, 0.1) is 27.4 Å². The van der Waals surface area contributed by atoms with Crippen LogP contribution in [-0.2, 0) is 27.7 Å². The second-order valence-corrected chi connectivity index (χ2v) is 11.3. The monoisotopic (exact) mass is 527 g/mol. The zero-order valence-corrected chi connectivity index (χ0v) is 21.2. The van der Waals surface area contributed by atoms with Crippen LogP contribution < -0.4 is 9.11 Å². The molecular weight excluding hydrogens is 506 g/mol. The molecule has 2 heterocycles. The molecule has 1 aromatic heterocycles. The Bertz CT molecular complexity index is 1590. The lowest BCUT2D eigenvalue weighted by Crippen LogP contribution is -2.29. The summed E-state index contributed by atoms with van der Waals surface area (Å²) >= 11 is 7.50. The van der Waals surface area contributed by atoms with E-state index in [9.17, 15) is 13.2 Å². The number of para-hydroxylation sites is 1. The SMILES string of the molecule is COCCn1c(=NC(=O)c2ccc(S(=O)(=O)N3CCc4ccccc43)cc2)sc2cc(Cl)ccc21. The molecule has 7 nitrogen and oxygen atoms in total. The predicted octanol–water partition coefficient (Wildman–Crippen LogP) is 4.50. The number of nitrogens with zero attached hydrogens (tertiary/aromatic N) is 3. The van der Waals surface area contributed by atoms with Gasteiger partial charge in [-0.15, -0.1) is 0 Å². The van der Waals surface area contributed by atoms with E-state index in [1.165, 1.54) is 39.9 Å². The fourth-order valence-electron chi connectivity index (χ4n) is 4.14. The minimum atomic E-state index is -3.73. The van der Waals surface area contributed by atoms with Gasteiger partial charge in [-0.2, -0.15) is 4.99 Å². The number of anilines is 1. The number of ether oxygens (including phenoxy) is 1. The Balaban J connectivity index is 1.45. The Hall–Kier alpha value is -2.98. The summed E-state index contributed by atoms with van der Waals surface area (Å²) in [5.74, 6) is -0.454. The van der Waals surface area contributed by atoms with Gasteiger partial charge in [0.1, 0.15) is 0 Å². The molecule has 0 spiro atoms. The van der Waals surface area contributed by atoms with E-state index < -0.39 is 15.9 Å². The maximum Gasteiger partial charge on any atom is 0.279 e. The van der Waals surface area contributed by atoms with Crippen molar-refractivity contribution in [2.45, 2.75) is 17.9 Å². The first-order chi connectivity index (χ1) is 16.9. The van der Waals surface area contributed by atoms with Gasteiger partial charge in [-0.1, -0.05) is 41.1 Å². The summed E-state index contributed by atoms with van der Waals surface area (Å²) in [5.41, 5.74) is 2.93. The van der Waals surface area contributed by atoms with Crippen LogP contribution in [-0.4, -0.2) is 39.2 Å². The molecule has 0 unspecified atom stereocenters.